The molecule has 0 amide bonds. The first-order valence-corrected chi connectivity index (χ1v) is 5.23. The molecule has 1 aromatic carbocycles. The van der Waals surface area contributed by atoms with Gasteiger partial charge in [0.15, 0.2) is 0 Å². The number of aliphatic hydroxyl groups excluding tert-OH is 1. The van der Waals surface area contributed by atoms with Crippen LogP contribution in [0.5, 0.6) is 5.75 Å². The van der Waals surface area contributed by atoms with Gasteiger partial charge in [0.2, 0.25) is 0 Å². The van der Waals surface area contributed by atoms with Crippen molar-refractivity contribution in [1.82, 2.24) is 0 Å². The van der Waals surface area contributed by atoms with Crippen LogP contribution in [0.4, 0.5) is 0 Å². The van der Waals surface area contributed by atoms with Crippen LogP contribution < -0.4 is 4.74 Å². The van der Waals surface area contributed by atoms with Crippen LogP contribution in [-0.2, 0) is 11.2 Å². The van der Waals surface area contributed by atoms with Crippen LogP contribution >= 0.6 is 0 Å². The molecular weight excluding hydrogens is 208 g/mol. The first kappa shape index (κ1) is 11.0. The number of carbonyl (C=O) groups is 1. The van der Waals surface area contributed by atoms with Gasteiger partial charge in [-0.3, -0.25) is 0 Å². The molecule has 1 unspecified atom stereocenters. The molecular formula is C12H14O4. The van der Waals surface area contributed by atoms with Gasteiger partial charge in [0, 0.05) is 0 Å². The summed E-state index contributed by atoms with van der Waals surface area (Å²) in [5, 5.41) is 9.00. The molecule has 4 nitrogen and oxygen atoms in total. The number of fused-ring (bicyclic) bond motifs is 1. The van der Waals surface area contributed by atoms with Gasteiger partial charge in [-0.15, -0.1) is 0 Å². The van der Waals surface area contributed by atoms with E-state index in [1.807, 2.05) is 0 Å². The molecule has 1 heterocycles. The molecule has 1 aromatic rings. The summed E-state index contributed by atoms with van der Waals surface area (Å²) in [5.41, 5.74) is 1.53. The fourth-order valence-corrected chi connectivity index (χ4v) is 1.82. The lowest BCUT2D eigenvalue weighted by molar-refractivity contribution is 0.0599. The monoisotopic (exact) mass is 222 g/mol. The third-order valence-corrected chi connectivity index (χ3v) is 2.71. The van der Waals surface area contributed by atoms with E-state index in [0.717, 1.165) is 24.2 Å². The predicted molar refractivity (Wildman–Crippen MR) is 57.6 cm³/mol. The molecule has 0 aliphatic carbocycles. The Kier molecular flexibility index (Phi) is 3.10. The molecule has 1 aliphatic rings. The number of carbonyl (C=O) groups excluding carboxylic acids is 1. The minimum absolute atomic E-state index is 0.0260. The Hall–Kier alpha value is -1.55. The van der Waals surface area contributed by atoms with E-state index in [4.69, 9.17) is 9.84 Å². The van der Waals surface area contributed by atoms with Crippen molar-refractivity contribution >= 4 is 5.97 Å². The molecule has 2 rings (SSSR count). The molecule has 0 fully saturated rings. The van der Waals surface area contributed by atoms with Crippen molar-refractivity contribution < 1.29 is 19.4 Å². The Morgan fingerprint density at radius 1 is 1.62 bits per heavy atom. The SMILES string of the molecule is COC(=O)c1ccc2c(c1)CCC(CO)O2. The second kappa shape index (κ2) is 4.53. The Morgan fingerprint density at radius 3 is 3.12 bits per heavy atom. The van der Waals surface area contributed by atoms with Gasteiger partial charge in [-0.1, -0.05) is 0 Å². The Balaban J connectivity index is 2.24. The third-order valence-electron chi connectivity index (χ3n) is 2.71. The third kappa shape index (κ3) is 2.02. The van der Waals surface area contributed by atoms with Gasteiger partial charge in [-0.25, -0.2) is 4.79 Å². The Morgan fingerprint density at radius 2 is 2.44 bits per heavy atom. The lowest BCUT2D eigenvalue weighted by Gasteiger charge is -2.24. The highest BCUT2D eigenvalue weighted by molar-refractivity contribution is 5.89. The van der Waals surface area contributed by atoms with Crippen LogP contribution in [0, 0.1) is 0 Å². The average Bonchev–Trinajstić information content (AvgIpc) is 2.36. The molecule has 1 atom stereocenters. The van der Waals surface area contributed by atoms with Gasteiger partial charge in [0.25, 0.3) is 0 Å². The maximum atomic E-state index is 11.3. The van der Waals surface area contributed by atoms with Gasteiger partial charge in [-0.2, -0.15) is 0 Å². The maximum absolute atomic E-state index is 11.3. The minimum atomic E-state index is -0.341. The molecule has 1 N–H and O–H groups in total. The number of aryl methyl sites for hydroxylation is 1. The fourth-order valence-electron chi connectivity index (χ4n) is 1.82. The first-order valence-electron chi connectivity index (χ1n) is 5.23. The molecule has 4 heteroatoms. The molecule has 0 saturated heterocycles. The molecule has 0 spiro atoms. The quantitative estimate of drug-likeness (QED) is 0.763. The largest absolute Gasteiger partial charge is 0.488 e. The Labute approximate surface area is 93.8 Å². The van der Waals surface area contributed by atoms with E-state index in [-0.39, 0.29) is 18.7 Å². The molecule has 1 aliphatic heterocycles. The second-order valence-electron chi connectivity index (χ2n) is 3.78. The van der Waals surface area contributed by atoms with Crippen LogP contribution in [0.3, 0.4) is 0 Å². The van der Waals surface area contributed by atoms with Crippen molar-refractivity contribution in [2.45, 2.75) is 18.9 Å². The van der Waals surface area contributed by atoms with Crippen LogP contribution in [0.2, 0.25) is 0 Å². The van der Waals surface area contributed by atoms with Crippen LogP contribution in [-0.4, -0.2) is 30.9 Å². The molecule has 0 radical (unpaired) electrons. The fraction of sp³-hybridized carbons (Fsp3) is 0.417. The van der Waals surface area contributed by atoms with Crippen LogP contribution in [0.15, 0.2) is 18.2 Å². The number of esters is 1. The zero-order valence-electron chi connectivity index (χ0n) is 9.10. The number of hydrogen-bond donors (Lipinski definition) is 1. The van der Waals surface area contributed by atoms with Gasteiger partial charge in [-0.05, 0) is 36.6 Å². The highest BCUT2D eigenvalue weighted by atomic mass is 16.5. The van der Waals surface area contributed by atoms with Gasteiger partial charge in [0.1, 0.15) is 11.9 Å². The van der Waals surface area contributed by atoms with E-state index in [1.165, 1.54) is 7.11 Å². The van der Waals surface area contributed by atoms with E-state index in [9.17, 15) is 4.79 Å². The zero-order chi connectivity index (χ0) is 11.5. The van der Waals surface area contributed by atoms with E-state index in [2.05, 4.69) is 4.74 Å². The number of methoxy groups -OCH3 is 1. The van der Waals surface area contributed by atoms with Crippen LogP contribution in [0.1, 0.15) is 22.3 Å². The summed E-state index contributed by atoms with van der Waals surface area (Å²) in [5.74, 6) is 0.407. The second-order valence-corrected chi connectivity index (χ2v) is 3.78. The van der Waals surface area contributed by atoms with Crippen molar-refractivity contribution in [3.05, 3.63) is 29.3 Å². The lowest BCUT2D eigenvalue weighted by atomic mass is 10.0. The normalized spacial score (nSPS) is 18.5. The van der Waals surface area contributed by atoms with Crippen molar-refractivity contribution in [2.24, 2.45) is 0 Å². The maximum Gasteiger partial charge on any atom is 0.337 e. The summed E-state index contributed by atoms with van der Waals surface area (Å²) < 4.78 is 10.2. The summed E-state index contributed by atoms with van der Waals surface area (Å²) in [7, 11) is 1.36. The van der Waals surface area contributed by atoms with Gasteiger partial charge >= 0.3 is 5.97 Å². The van der Waals surface area contributed by atoms with Crippen molar-refractivity contribution in [3.8, 4) is 5.75 Å². The lowest BCUT2D eigenvalue weighted by Crippen LogP contribution is -2.26. The topological polar surface area (TPSA) is 55.8 Å². The summed E-state index contributed by atoms with van der Waals surface area (Å²) in [6.45, 7) is 0.0260. The minimum Gasteiger partial charge on any atom is -0.488 e. The molecule has 0 saturated carbocycles. The standard InChI is InChI=1S/C12H14O4/c1-15-12(14)9-3-5-11-8(6-9)2-4-10(7-13)16-11/h3,5-6,10,13H,2,4,7H2,1H3. The summed E-state index contributed by atoms with van der Waals surface area (Å²) in [4.78, 5) is 11.3. The predicted octanol–water partition coefficient (Wildman–Crippen LogP) is 1.16. The van der Waals surface area contributed by atoms with E-state index < -0.39 is 0 Å². The number of benzene rings is 1. The Bertz CT molecular complexity index is 400. The highest BCUT2D eigenvalue weighted by Crippen LogP contribution is 2.28. The van der Waals surface area contributed by atoms with Crippen LogP contribution in [0.25, 0.3) is 0 Å². The van der Waals surface area contributed by atoms with Gasteiger partial charge in [0.05, 0.1) is 19.3 Å². The smallest absolute Gasteiger partial charge is 0.337 e. The zero-order valence-corrected chi connectivity index (χ0v) is 9.10. The highest BCUT2D eigenvalue weighted by Gasteiger charge is 2.20. The number of hydrogen-bond acceptors (Lipinski definition) is 4. The molecule has 0 bridgehead atoms. The summed E-state index contributed by atoms with van der Waals surface area (Å²) >= 11 is 0. The molecule has 86 valence electrons. The summed E-state index contributed by atoms with van der Waals surface area (Å²) in [6, 6.07) is 5.21. The van der Waals surface area contributed by atoms with E-state index >= 15 is 0 Å². The van der Waals surface area contributed by atoms with Crippen molar-refractivity contribution in [3.63, 3.8) is 0 Å². The first-order chi connectivity index (χ1) is 7.74. The molecule has 16 heavy (non-hydrogen) atoms. The average molecular weight is 222 g/mol. The van der Waals surface area contributed by atoms with E-state index in [1.54, 1.807) is 18.2 Å². The number of ether oxygens (including phenoxy) is 2. The van der Waals surface area contributed by atoms with Crippen molar-refractivity contribution in [1.29, 1.82) is 0 Å². The van der Waals surface area contributed by atoms with Crippen molar-refractivity contribution in [2.75, 3.05) is 13.7 Å². The van der Waals surface area contributed by atoms with Gasteiger partial charge < -0.3 is 14.6 Å². The molecule has 0 aromatic heterocycles. The summed E-state index contributed by atoms with van der Waals surface area (Å²) in [6.07, 6.45) is 1.45. The number of aliphatic hydroxyl groups is 1. The number of rotatable bonds is 2. The van der Waals surface area contributed by atoms with E-state index in [0.29, 0.717) is 5.56 Å².